The number of carboxylic acid groups (broad SMARTS) is 1. The maximum Gasteiger partial charge on any atom is 0.340 e. The van der Waals surface area contributed by atoms with E-state index >= 15 is 0 Å². The van der Waals surface area contributed by atoms with Crippen molar-refractivity contribution in [2.24, 2.45) is 0 Å². The smallest absolute Gasteiger partial charge is 0.340 e. The molecule has 0 radical (unpaired) electrons. The Bertz CT molecular complexity index is 598. The van der Waals surface area contributed by atoms with Crippen molar-refractivity contribution >= 4 is 35.4 Å². The average Bonchev–Trinajstić information content (AvgIpc) is 2.48. The number of thioether (sulfide) groups is 1. The molecule has 1 amide bonds. The predicted molar refractivity (Wildman–Crippen MR) is 82.9 cm³/mol. The fourth-order valence-corrected chi connectivity index (χ4v) is 2.23. The van der Waals surface area contributed by atoms with E-state index < -0.39 is 23.9 Å². The minimum atomic E-state index is -1.72. The maximum atomic E-state index is 11.7. The number of esters is 1. The molecule has 0 saturated carbocycles. The normalized spacial score (nSPS) is 11.4. The first-order valence-electron chi connectivity index (χ1n) is 6.67. The highest BCUT2D eigenvalue weighted by molar-refractivity contribution is 8.00. The molecule has 8 heteroatoms. The van der Waals surface area contributed by atoms with Crippen molar-refractivity contribution in [3.8, 4) is 0 Å². The number of amides is 1. The Morgan fingerprint density at radius 1 is 1.17 bits per heavy atom. The van der Waals surface area contributed by atoms with Crippen LogP contribution in [0.3, 0.4) is 0 Å². The molecule has 1 atom stereocenters. The van der Waals surface area contributed by atoms with E-state index in [1.54, 1.807) is 24.3 Å². The Labute approximate surface area is 137 Å². The van der Waals surface area contributed by atoms with Gasteiger partial charge in [0.2, 0.25) is 11.9 Å². The van der Waals surface area contributed by atoms with Crippen LogP contribution in [0.4, 0.5) is 0 Å². The molecule has 1 unspecified atom stereocenters. The van der Waals surface area contributed by atoms with E-state index in [2.05, 4.69) is 0 Å². The summed E-state index contributed by atoms with van der Waals surface area (Å²) < 4.78 is 4.90. The topological polar surface area (TPSA) is 110 Å². The molecule has 1 aromatic rings. The van der Waals surface area contributed by atoms with Gasteiger partial charge in [0.15, 0.2) is 0 Å². The van der Waals surface area contributed by atoms with Crippen LogP contribution in [0.1, 0.15) is 19.4 Å². The van der Waals surface area contributed by atoms with Crippen LogP contribution in [-0.4, -0.2) is 40.5 Å². The molecule has 124 valence electrons. The Morgan fingerprint density at radius 2 is 1.78 bits per heavy atom. The molecule has 0 spiro atoms. The van der Waals surface area contributed by atoms with Crippen LogP contribution < -0.4 is 5.32 Å². The average molecular weight is 339 g/mol. The predicted octanol–water partition coefficient (Wildman–Crippen LogP) is 1.00. The molecule has 0 aliphatic rings. The molecular formula is C15H17NO6S. The number of rotatable bonds is 8. The molecule has 0 fully saturated rings. The lowest BCUT2D eigenvalue weighted by Gasteiger charge is -2.12. The number of carbonyl (C=O) groups is 4. The number of Topliss-reactive ketones (excluding diaryl/α,β-unsaturated/α-hetero) is 1. The van der Waals surface area contributed by atoms with Gasteiger partial charge in [-0.3, -0.25) is 9.59 Å². The molecule has 0 saturated heterocycles. The minimum Gasteiger partial charge on any atom is -0.479 e. The summed E-state index contributed by atoms with van der Waals surface area (Å²) >= 11 is 1.39. The zero-order chi connectivity index (χ0) is 17.4. The maximum absolute atomic E-state index is 11.7. The first kappa shape index (κ1) is 18.7. The van der Waals surface area contributed by atoms with Crippen LogP contribution in [0.25, 0.3) is 0 Å². The quantitative estimate of drug-likeness (QED) is 0.413. The van der Waals surface area contributed by atoms with E-state index in [4.69, 9.17) is 9.84 Å². The number of hydrogen-bond donors (Lipinski definition) is 2. The van der Waals surface area contributed by atoms with Crippen LogP contribution in [0.2, 0.25) is 0 Å². The number of hydrogen-bond acceptors (Lipinski definition) is 6. The van der Waals surface area contributed by atoms with E-state index in [9.17, 15) is 19.2 Å². The summed E-state index contributed by atoms with van der Waals surface area (Å²) in [7, 11) is 0. The first-order chi connectivity index (χ1) is 10.8. The third kappa shape index (κ3) is 6.96. The van der Waals surface area contributed by atoms with Crippen molar-refractivity contribution in [2.75, 3.05) is 5.75 Å². The summed E-state index contributed by atoms with van der Waals surface area (Å²) in [5.74, 6) is -2.71. The number of benzene rings is 1. The number of carboxylic acids is 1. The van der Waals surface area contributed by atoms with Gasteiger partial charge in [-0.2, -0.15) is 0 Å². The van der Waals surface area contributed by atoms with Gasteiger partial charge in [0, 0.05) is 11.8 Å². The van der Waals surface area contributed by atoms with E-state index in [0.717, 1.165) is 11.8 Å². The molecule has 1 aromatic carbocycles. The second-order valence-electron chi connectivity index (χ2n) is 4.71. The SMILES string of the molecule is CC(=O)CSc1ccc(COC(=O)C(NC(C)=O)C(=O)O)cc1. The molecule has 1 rings (SSSR count). The lowest BCUT2D eigenvalue weighted by Crippen LogP contribution is -2.46. The van der Waals surface area contributed by atoms with Crippen molar-refractivity contribution in [1.82, 2.24) is 5.32 Å². The molecule has 0 aliphatic heterocycles. The van der Waals surface area contributed by atoms with E-state index in [1.165, 1.54) is 18.7 Å². The van der Waals surface area contributed by atoms with Crippen molar-refractivity contribution in [3.63, 3.8) is 0 Å². The van der Waals surface area contributed by atoms with Crippen LogP contribution in [0.5, 0.6) is 0 Å². The molecule has 2 N–H and O–H groups in total. The highest BCUT2D eigenvalue weighted by Crippen LogP contribution is 2.18. The Hall–Kier alpha value is -2.35. The molecule has 0 heterocycles. The molecule has 7 nitrogen and oxygen atoms in total. The summed E-state index contributed by atoms with van der Waals surface area (Å²) in [6.07, 6.45) is 0. The van der Waals surface area contributed by atoms with Gasteiger partial charge in [-0.05, 0) is 24.6 Å². The highest BCUT2D eigenvalue weighted by Gasteiger charge is 2.28. The van der Waals surface area contributed by atoms with E-state index in [0.29, 0.717) is 11.3 Å². The lowest BCUT2D eigenvalue weighted by atomic mass is 10.2. The zero-order valence-corrected chi connectivity index (χ0v) is 13.5. The number of carbonyl (C=O) groups excluding carboxylic acids is 3. The van der Waals surface area contributed by atoms with Gasteiger partial charge in [0.25, 0.3) is 0 Å². The number of ether oxygens (including phenoxy) is 1. The van der Waals surface area contributed by atoms with Crippen molar-refractivity contribution < 1.29 is 29.0 Å². The third-order valence-corrected chi connectivity index (χ3v) is 3.73. The first-order valence-corrected chi connectivity index (χ1v) is 7.66. The standard InChI is InChI=1S/C15H17NO6S/c1-9(17)8-23-12-5-3-11(4-6-12)7-22-15(21)13(14(19)20)16-10(2)18/h3-6,13H,7-8H2,1-2H3,(H,16,18)(H,19,20). The van der Waals surface area contributed by atoms with Gasteiger partial charge < -0.3 is 15.2 Å². The number of nitrogens with one attached hydrogen (secondary N) is 1. The van der Waals surface area contributed by atoms with Crippen LogP contribution in [-0.2, 0) is 30.5 Å². The summed E-state index contributed by atoms with van der Waals surface area (Å²) in [5.41, 5.74) is 0.664. The number of aliphatic carboxylic acids is 1. The van der Waals surface area contributed by atoms with Gasteiger partial charge in [-0.15, -0.1) is 11.8 Å². The van der Waals surface area contributed by atoms with Crippen LogP contribution >= 0.6 is 11.8 Å². The summed E-state index contributed by atoms with van der Waals surface area (Å²) in [4.78, 5) is 45.3. The molecule has 0 bridgehead atoms. The third-order valence-electron chi connectivity index (χ3n) is 2.58. The van der Waals surface area contributed by atoms with E-state index in [-0.39, 0.29) is 12.4 Å². The fraction of sp³-hybridized carbons (Fsp3) is 0.333. The van der Waals surface area contributed by atoms with E-state index in [1.807, 2.05) is 5.32 Å². The monoisotopic (exact) mass is 339 g/mol. The largest absolute Gasteiger partial charge is 0.479 e. The second kappa shape index (κ2) is 8.94. The molecule has 0 aliphatic carbocycles. The number of ketones is 1. The van der Waals surface area contributed by atoms with Crippen LogP contribution in [0, 0.1) is 0 Å². The molecular weight excluding hydrogens is 322 g/mol. The Morgan fingerprint density at radius 3 is 2.26 bits per heavy atom. The van der Waals surface area contributed by atoms with Crippen molar-refractivity contribution in [2.45, 2.75) is 31.4 Å². The highest BCUT2D eigenvalue weighted by atomic mass is 32.2. The van der Waals surface area contributed by atoms with Gasteiger partial charge >= 0.3 is 11.9 Å². The van der Waals surface area contributed by atoms with Gasteiger partial charge in [-0.1, -0.05) is 12.1 Å². The van der Waals surface area contributed by atoms with Crippen molar-refractivity contribution in [3.05, 3.63) is 29.8 Å². The van der Waals surface area contributed by atoms with Gasteiger partial charge in [-0.25, -0.2) is 9.59 Å². The summed E-state index contributed by atoms with van der Waals surface area (Å²) in [6.45, 7) is 2.51. The second-order valence-corrected chi connectivity index (χ2v) is 5.76. The van der Waals surface area contributed by atoms with Crippen LogP contribution in [0.15, 0.2) is 29.2 Å². The lowest BCUT2D eigenvalue weighted by molar-refractivity contribution is -0.157. The molecule has 23 heavy (non-hydrogen) atoms. The summed E-state index contributed by atoms with van der Waals surface area (Å²) in [6, 6.07) is 5.25. The summed E-state index contributed by atoms with van der Waals surface area (Å²) in [5, 5.41) is 10.9. The van der Waals surface area contributed by atoms with Crippen molar-refractivity contribution in [1.29, 1.82) is 0 Å². The zero-order valence-electron chi connectivity index (χ0n) is 12.7. The van der Waals surface area contributed by atoms with Gasteiger partial charge in [0.1, 0.15) is 12.4 Å². The Balaban J connectivity index is 2.56. The minimum absolute atomic E-state index is 0.0747. The van der Waals surface area contributed by atoms with Gasteiger partial charge in [0.05, 0.1) is 5.75 Å². The Kier molecular flexibility index (Phi) is 7.27. The fourth-order valence-electron chi connectivity index (χ4n) is 1.53. The molecule has 0 aromatic heterocycles.